The standard InChI is InChI=1S/C24H20ClFN4O/c1-13-6-8-14(9-7-13)20-12-27-23(30-20)15-10-18-19(11-21(15)31-2)29-24(28-18)22-16(25)4-3-5-17(22)26/h3-11,23,27H,12H2,1-2H3,(H,28,29). The highest BCUT2D eigenvalue weighted by Crippen LogP contribution is 2.35. The molecule has 4 aromatic rings. The molecule has 0 aliphatic carbocycles. The van der Waals surface area contributed by atoms with Crippen LogP contribution in [0.25, 0.3) is 22.4 Å². The summed E-state index contributed by atoms with van der Waals surface area (Å²) in [6.07, 6.45) is -0.251. The second-order valence-corrected chi connectivity index (χ2v) is 7.93. The quantitative estimate of drug-likeness (QED) is 0.450. The predicted molar refractivity (Wildman–Crippen MR) is 122 cm³/mol. The molecule has 0 spiro atoms. The van der Waals surface area contributed by atoms with Crippen molar-refractivity contribution in [2.75, 3.05) is 13.7 Å². The van der Waals surface area contributed by atoms with E-state index < -0.39 is 5.82 Å². The SMILES string of the molecule is COc1cc2nc(-c3c(F)cccc3Cl)[nH]c2cc1C1N=C(c2ccc(C)cc2)CN1. The highest BCUT2D eigenvalue weighted by molar-refractivity contribution is 6.33. The van der Waals surface area contributed by atoms with Crippen molar-refractivity contribution in [2.24, 2.45) is 4.99 Å². The molecule has 156 valence electrons. The molecule has 0 amide bonds. The molecule has 0 fully saturated rings. The monoisotopic (exact) mass is 434 g/mol. The maximum Gasteiger partial charge on any atom is 0.142 e. The van der Waals surface area contributed by atoms with E-state index in [4.69, 9.17) is 21.3 Å². The number of fused-ring (bicyclic) bond motifs is 1. The lowest BCUT2D eigenvalue weighted by atomic mass is 10.1. The van der Waals surface area contributed by atoms with Crippen LogP contribution < -0.4 is 10.1 Å². The molecule has 0 radical (unpaired) electrons. The molecule has 1 atom stereocenters. The number of nitrogens with one attached hydrogen (secondary N) is 2. The van der Waals surface area contributed by atoms with Gasteiger partial charge < -0.3 is 9.72 Å². The average molecular weight is 435 g/mol. The Morgan fingerprint density at radius 1 is 1.13 bits per heavy atom. The normalized spacial score (nSPS) is 16.0. The first kappa shape index (κ1) is 19.7. The van der Waals surface area contributed by atoms with E-state index in [1.807, 2.05) is 12.1 Å². The van der Waals surface area contributed by atoms with Gasteiger partial charge in [0.25, 0.3) is 0 Å². The third-order valence-corrected chi connectivity index (χ3v) is 5.78. The maximum absolute atomic E-state index is 14.4. The van der Waals surface area contributed by atoms with E-state index in [0.717, 1.165) is 22.4 Å². The van der Waals surface area contributed by atoms with Crippen LogP contribution in [0.4, 0.5) is 4.39 Å². The zero-order chi connectivity index (χ0) is 21.5. The van der Waals surface area contributed by atoms with Crippen LogP contribution in [0.5, 0.6) is 5.75 Å². The second-order valence-electron chi connectivity index (χ2n) is 7.52. The van der Waals surface area contributed by atoms with Gasteiger partial charge in [-0.25, -0.2) is 9.37 Å². The molecule has 5 rings (SSSR count). The fourth-order valence-corrected chi connectivity index (χ4v) is 4.08. The smallest absolute Gasteiger partial charge is 0.142 e. The van der Waals surface area contributed by atoms with Crippen LogP contribution in [0.15, 0.2) is 59.6 Å². The molecular formula is C24H20ClFN4O. The number of halogens is 2. The zero-order valence-electron chi connectivity index (χ0n) is 17.0. The first-order valence-electron chi connectivity index (χ1n) is 9.92. The van der Waals surface area contributed by atoms with E-state index in [-0.39, 0.29) is 11.7 Å². The Kier molecular flexibility index (Phi) is 4.96. The van der Waals surface area contributed by atoms with Crippen molar-refractivity contribution >= 4 is 28.3 Å². The Balaban J connectivity index is 1.56. The number of rotatable bonds is 4. The zero-order valence-corrected chi connectivity index (χ0v) is 17.8. The Hall–Kier alpha value is -3.22. The van der Waals surface area contributed by atoms with E-state index in [2.05, 4.69) is 46.5 Å². The highest BCUT2D eigenvalue weighted by atomic mass is 35.5. The van der Waals surface area contributed by atoms with Gasteiger partial charge in [-0.1, -0.05) is 47.5 Å². The van der Waals surface area contributed by atoms with E-state index in [1.54, 1.807) is 19.2 Å². The Labute approximate surface area is 184 Å². The Morgan fingerprint density at radius 3 is 2.68 bits per heavy atom. The molecule has 1 aliphatic heterocycles. The minimum atomic E-state index is -0.427. The molecule has 0 saturated heterocycles. The maximum atomic E-state index is 14.4. The van der Waals surface area contributed by atoms with Gasteiger partial charge in [0, 0.05) is 18.2 Å². The number of H-pyrrole nitrogens is 1. The number of aliphatic imine (C=N–C) groups is 1. The molecule has 3 aromatic carbocycles. The van der Waals surface area contributed by atoms with E-state index in [0.29, 0.717) is 28.7 Å². The summed E-state index contributed by atoms with van der Waals surface area (Å²) in [5.41, 5.74) is 5.85. The first-order chi connectivity index (χ1) is 15.0. The number of aromatic nitrogens is 2. The lowest BCUT2D eigenvalue weighted by molar-refractivity contribution is 0.404. The number of nitrogens with zero attached hydrogens (tertiary/aromatic N) is 2. The number of benzene rings is 3. The van der Waals surface area contributed by atoms with Gasteiger partial charge in [-0.2, -0.15) is 0 Å². The summed E-state index contributed by atoms with van der Waals surface area (Å²) < 4.78 is 20.0. The molecule has 31 heavy (non-hydrogen) atoms. The van der Waals surface area contributed by atoms with Crippen molar-refractivity contribution in [3.05, 3.63) is 82.1 Å². The Bertz CT molecular complexity index is 1290. The summed E-state index contributed by atoms with van der Waals surface area (Å²) in [6, 6.07) is 16.7. The van der Waals surface area contributed by atoms with Gasteiger partial charge in [0.15, 0.2) is 0 Å². The highest BCUT2D eigenvalue weighted by Gasteiger charge is 2.24. The predicted octanol–water partition coefficient (Wildman–Crippen LogP) is 5.43. The van der Waals surface area contributed by atoms with E-state index in [9.17, 15) is 4.39 Å². The third kappa shape index (κ3) is 3.58. The molecule has 2 N–H and O–H groups in total. The van der Waals surface area contributed by atoms with Crippen molar-refractivity contribution in [3.8, 4) is 17.1 Å². The molecule has 1 aromatic heterocycles. The van der Waals surface area contributed by atoms with Crippen molar-refractivity contribution in [2.45, 2.75) is 13.1 Å². The first-order valence-corrected chi connectivity index (χ1v) is 10.3. The summed E-state index contributed by atoms with van der Waals surface area (Å²) in [7, 11) is 1.62. The summed E-state index contributed by atoms with van der Waals surface area (Å²) in [5.74, 6) is 0.612. The van der Waals surface area contributed by atoms with Crippen LogP contribution in [0, 0.1) is 12.7 Å². The summed E-state index contributed by atoms with van der Waals surface area (Å²) in [4.78, 5) is 12.6. The van der Waals surface area contributed by atoms with Gasteiger partial charge in [0.05, 0.1) is 34.4 Å². The summed E-state index contributed by atoms with van der Waals surface area (Å²) in [6.45, 7) is 2.72. The lowest BCUT2D eigenvalue weighted by Crippen LogP contribution is -2.18. The fourth-order valence-electron chi connectivity index (χ4n) is 3.83. The number of aromatic amines is 1. The number of aryl methyl sites for hydroxylation is 1. The van der Waals surface area contributed by atoms with Crippen molar-refractivity contribution in [3.63, 3.8) is 0 Å². The molecule has 5 nitrogen and oxygen atoms in total. The molecule has 1 aliphatic rings. The van der Waals surface area contributed by atoms with Crippen LogP contribution in [0.2, 0.25) is 5.02 Å². The largest absolute Gasteiger partial charge is 0.496 e. The van der Waals surface area contributed by atoms with Gasteiger partial charge >= 0.3 is 0 Å². The van der Waals surface area contributed by atoms with Crippen LogP contribution in [-0.2, 0) is 0 Å². The van der Waals surface area contributed by atoms with Gasteiger partial charge in [-0.15, -0.1) is 0 Å². The second kappa shape index (κ2) is 7.80. The average Bonchev–Trinajstić information content (AvgIpc) is 3.40. The minimum Gasteiger partial charge on any atom is -0.496 e. The molecule has 0 saturated carbocycles. The molecular weight excluding hydrogens is 415 g/mol. The van der Waals surface area contributed by atoms with Gasteiger partial charge in [0.1, 0.15) is 23.6 Å². The van der Waals surface area contributed by atoms with Crippen molar-refractivity contribution in [1.82, 2.24) is 15.3 Å². The number of ether oxygens (including phenoxy) is 1. The fraction of sp³-hybridized carbons (Fsp3) is 0.167. The topological polar surface area (TPSA) is 62.3 Å². The lowest BCUT2D eigenvalue weighted by Gasteiger charge is -2.13. The number of methoxy groups -OCH3 is 1. The molecule has 1 unspecified atom stereocenters. The Morgan fingerprint density at radius 2 is 1.94 bits per heavy atom. The number of hydrogen-bond donors (Lipinski definition) is 2. The van der Waals surface area contributed by atoms with Gasteiger partial charge in [0.2, 0.25) is 0 Å². The van der Waals surface area contributed by atoms with Crippen molar-refractivity contribution < 1.29 is 9.13 Å². The van der Waals surface area contributed by atoms with Crippen LogP contribution in [-0.4, -0.2) is 29.3 Å². The number of hydrogen-bond acceptors (Lipinski definition) is 4. The van der Waals surface area contributed by atoms with Gasteiger partial charge in [-0.3, -0.25) is 10.3 Å². The molecule has 7 heteroatoms. The van der Waals surface area contributed by atoms with Crippen LogP contribution in [0.1, 0.15) is 22.9 Å². The molecule has 0 bridgehead atoms. The third-order valence-electron chi connectivity index (χ3n) is 5.46. The van der Waals surface area contributed by atoms with Crippen LogP contribution in [0.3, 0.4) is 0 Å². The summed E-state index contributed by atoms with van der Waals surface area (Å²) >= 11 is 6.22. The van der Waals surface area contributed by atoms with Crippen LogP contribution >= 0.6 is 11.6 Å². The summed E-state index contributed by atoms with van der Waals surface area (Å²) in [5, 5.41) is 3.73. The van der Waals surface area contributed by atoms with Gasteiger partial charge in [-0.05, 0) is 30.7 Å². The van der Waals surface area contributed by atoms with Crippen molar-refractivity contribution in [1.29, 1.82) is 0 Å². The minimum absolute atomic E-state index is 0.250. The van der Waals surface area contributed by atoms with E-state index in [1.165, 1.54) is 11.6 Å². The number of imidazole rings is 1. The molecule has 2 heterocycles. The van der Waals surface area contributed by atoms with E-state index >= 15 is 0 Å².